The maximum Gasteiger partial charge on any atom is 0.231 e. The standard InChI is InChI=1S/C14H16N4O2/c1-3-15-13-9(2)14(17-7-16-13)18-10-4-5-11-12(6-10)20-8-19-11/h4-7H,3,8H2,1-2H3,(H2,15,16,17,18). The first-order chi connectivity index (χ1) is 9.78. The van der Waals surface area contributed by atoms with Gasteiger partial charge in [0, 0.05) is 23.9 Å². The van der Waals surface area contributed by atoms with Crippen LogP contribution in [0.15, 0.2) is 24.5 Å². The van der Waals surface area contributed by atoms with Gasteiger partial charge in [0.1, 0.15) is 18.0 Å². The molecule has 0 fully saturated rings. The Balaban J connectivity index is 1.86. The van der Waals surface area contributed by atoms with E-state index in [-0.39, 0.29) is 6.79 Å². The zero-order valence-corrected chi connectivity index (χ0v) is 11.4. The first-order valence-electron chi connectivity index (χ1n) is 6.50. The first-order valence-corrected chi connectivity index (χ1v) is 6.50. The third-order valence-electron chi connectivity index (χ3n) is 3.06. The number of anilines is 3. The van der Waals surface area contributed by atoms with Gasteiger partial charge in [0.2, 0.25) is 6.79 Å². The van der Waals surface area contributed by atoms with Gasteiger partial charge in [-0.05, 0) is 26.0 Å². The van der Waals surface area contributed by atoms with E-state index in [2.05, 4.69) is 20.6 Å². The fourth-order valence-corrected chi connectivity index (χ4v) is 2.03. The Morgan fingerprint density at radius 2 is 1.95 bits per heavy atom. The third-order valence-corrected chi connectivity index (χ3v) is 3.06. The number of rotatable bonds is 4. The summed E-state index contributed by atoms with van der Waals surface area (Å²) in [6, 6.07) is 5.71. The number of fused-ring (bicyclic) bond motifs is 1. The largest absolute Gasteiger partial charge is 0.454 e. The monoisotopic (exact) mass is 272 g/mol. The van der Waals surface area contributed by atoms with Crippen LogP contribution >= 0.6 is 0 Å². The Morgan fingerprint density at radius 1 is 1.15 bits per heavy atom. The number of hydrogen-bond donors (Lipinski definition) is 2. The van der Waals surface area contributed by atoms with Gasteiger partial charge in [-0.2, -0.15) is 0 Å². The lowest BCUT2D eigenvalue weighted by molar-refractivity contribution is 0.174. The Hall–Kier alpha value is -2.50. The van der Waals surface area contributed by atoms with Crippen molar-refractivity contribution in [2.75, 3.05) is 24.0 Å². The molecular formula is C14H16N4O2. The molecular weight excluding hydrogens is 256 g/mol. The van der Waals surface area contributed by atoms with Gasteiger partial charge in [0.15, 0.2) is 11.5 Å². The number of hydrogen-bond acceptors (Lipinski definition) is 6. The molecule has 2 heterocycles. The van der Waals surface area contributed by atoms with Crippen LogP contribution in [0.3, 0.4) is 0 Å². The smallest absolute Gasteiger partial charge is 0.231 e. The zero-order chi connectivity index (χ0) is 13.9. The predicted octanol–water partition coefficient (Wildman–Crippen LogP) is 2.69. The molecule has 1 aliphatic rings. The van der Waals surface area contributed by atoms with Crippen LogP contribution in [-0.4, -0.2) is 23.3 Å². The summed E-state index contributed by atoms with van der Waals surface area (Å²) in [6.07, 6.45) is 1.54. The van der Waals surface area contributed by atoms with Crippen molar-refractivity contribution in [3.63, 3.8) is 0 Å². The summed E-state index contributed by atoms with van der Waals surface area (Å²) in [4.78, 5) is 8.50. The van der Waals surface area contributed by atoms with Crippen molar-refractivity contribution in [3.05, 3.63) is 30.1 Å². The van der Waals surface area contributed by atoms with Gasteiger partial charge in [-0.15, -0.1) is 0 Å². The molecule has 104 valence electrons. The second kappa shape index (κ2) is 5.24. The summed E-state index contributed by atoms with van der Waals surface area (Å²) >= 11 is 0. The van der Waals surface area contributed by atoms with E-state index < -0.39 is 0 Å². The Labute approximate surface area is 117 Å². The molecule has 3 rings (SSSR count). The van der Waals surface area contributed by atoms with Crippen LogP contribution < -0.4 is 20.1 Å². The molecule has 0 amide bonds. The van der Waals surface area contributed by atoms with E-state index in [1.165, 1.54) is 0 Å². The lowest BCUT2D eigenvalue weighted by Crippen LogP contribution is -2.05. The van der Waals surface area contributed by atoms with Crippen LogP contribution in [0, 0.1) is 6.92 Å². The van der Waals surface area contributed by atoms with Crippen LogP contribution in [0.5, 0.6) is 11.5 Å². The van der Waals surface area contributed by atoms with Crippen LogP contribution in [0.2, 0.25) is 0 Å². The van der Waals surface area contributed by atoms with Crippen molar-refractivity contribution in [1.82, 2.24) is 9.97 Å². The molecule has 0 radical (unpaired) electrons. The SMILES string of the molecule is CCNc1ncnc(Nc2ccc3c(c2)OCO3)c1C. The predicted molar refractivity (Wildman–Crippen MR) is 76.8 cm³/mol. The highest BCUT2D eigenvalue weighted by Crippen LogP contribution is 2.35. The lowest BCUT2D eigenvalue weighted by Gasteiger charge is -2.12. The molecule has 6 nitrogen and oxygen atoms in total. The maximum absolute atomic E-state index is 5.36. The van der Waals surface area contributed by atoms with Gasteiger partial charge in [-0.1, -0.05) is 0 Å². The summed E-state index contributed by atoms with van der Waals surface area (Å²) in [5, 5.41) is 6.48. The van der Waals surface area contributed by atoms with Crippen molar-refractivity contribution in [3.8, 4) is 11.5 Å². The number of ether oxygens (including phenoxy) is 2. The quantitative estimate of drug-likeness (QED) is 0.892. The maximum atomic E-state index is 5.36. The molecule has 0 aliphatic carbocycles. The van der Waals surface area contributed by atoms with Crippen LogP contribution in [0.25, 0.3) is 0 Å². The Morgan fingerprint density at radius 3 is 2.80 bits per heavy atom. The normalized spacial score (nSPS) is 12.3. The summed E-state index contributed by atoms with van der Waals surface area (Å²) in [6.45, 7) is 5.11. The van der Waals surface area contributed by atoms with E-state index in [0.717, 1.165) is 40.9 Å². The topological polar surface area (TPSA) is 68.3 Å². The minimum Gasteiger partial charge on any atom is -0.454 e. The Kier molecular flexibility index (Phi) is 3.28. The van der Waals surface area contributed by atoms with E-state index in [9.17, 15) is 0 Å². The van der Waals surface area contributed by atoms with Crippen molar-refractivity contribution >= 4 is 17.3 Å². The number of nitrogens with zero attached hydrogens (tertiary/aromatic N) is 2. The molecule has 1 aromatic carbocycles. The zero-order valence-electron chi connectivity index (χ0n) is 11.4. The van der Waals surface area contributed by atoms with Crippen LogP contribution in [0.4, 0.5) is 17.3 Å². The van der Waals surface area contributed by atoms with Crippen molar-refractivity contribution < 1.29 is 9.47 Å². The molecule has 0 spiro atoms. The number of nitrogens with one attached hydrogen (secondary N) is 2. The highest BCUT2D eigenvalue weighted by atomic mass is 16.7. The minimum atomic E-state index is 0.274. The molecule has 0 unspecified atom stereocenters. The molecule has 0 saturated heterocycles. The summed E-state index contributed by atoms with van der Waals surface area (Å²) in [5.41, 5.74) is 1.88. The fraction of sp³-hybridized carbons (Fsp3) is 0.286. The van der Waals surface area contributed by atoms with Gasteiger partial charge in [-0.25, -0.2) is 9.97 Å². The molecule has 1 aromatic heterocycles. The number of aromatic nitrogens is 2. The van der Waals surface area contributed by atoms with E-state index in [1.54, 1.807) is 6.33 Å². The molecule has 0 bridgehead atoms. The molecule has 2 N–H and O–H groups in total. The highest BCUT2D eigenvalue weighted by Gasteiger charge is 2.14. The summed E-state index contributed by atoms with van der Waals surface area (Å²) < 4.78 is 10.7. The summed E-state index contributed by atoms with van der Waals surface area (Å²) in [7, 11) is 0. The molecule has 20 heavy (non-hydrogen) atoms. The lowest BCUT2D eigenvalue weighted by atomic mass is 10.2. The van der Waals surface area contributed by atoms with Gasteiger partial charge >= 0.3 is 0 Å². The van der Waals surface area contributed by atoms with Gasteiger partial charge < -0.3 is 20.1 Å². The average molecular weight is 272 g/mol. The molecule has 0 atom stereocenters. The molecule has 6 heteroatoms. The molecule has 1 aliphatic heterocycles. The highest BCUT2D eigenvalue weighted by molar-refractivity contribution is 5.66. The molecule has 2 aromatic rings. The van der Waals surface area contributed by atoms with E-state index in [1.807, 2.05) is 32.0 Å². The van der Waals surface area contributed by atoms with Gasteiger partial charge in [0.25, 0.3) is 0 Å². The van der Waals surface area contributed by atoms with Crippen molar-refractivity contribution in [2.24, 2.45) is 0 Å². The van der Waals surface area contributed by atoms with Crippen LogP contribution in [0.1, 0.15) is 12.5 Å². The average Bonchev–Trinajstić information content (AvgIpc) is 2.91. The van der Waals surface area contributed by atoms with E-state index in [0.29, 0.717) is 0 Å². The van der Waals surface area contributed by atoms with E-state index >= 15 is 0 Å². The van der Waals surface area contributed by atoms with Crippen LogP contribution in [-0.2, 0) is 0 Å². The third kappa shape index (κ3) is 2.32. The number of benzene rings is 1. The van der Waals surface area contributed by atoms with Crippen molar-refractivity contribution in [1.29, 1.82) is 0 Å². The fourth-order valence-electron chi connectivity index (χ4n) is 2.03. The second-order valence-electron chi connectivity index (χ2n) is 4.42. The molecule has 0 saturated carbocycles. The van der Waals surface area contributed by atoms with Gasteiger partial charge in [0.05, 0.1) is 0 Å². The summed E-state index contributed by atoms with van der Waals surface area (Å²) in [5.74, 6) is 3.12. The van der Waals surface area contributed by atoms with Crippen molar-refractivity contribution in [2.45, 2.75) is 13.8 Å². The second-order valence-corrected chi connectivity index (χ2v) is 4.42. The minimum absolute atomic E-state index is 0.274. The van der Waals surface area contributed by atoms with E-state index in [4.69, 9.17) is 9.47 Å². The van der Waals surface area contributed by atoms with Gasteiger partial charge in [-0.3, -0.25) is 0 Å². The first kappa shape index (κ1) is 12.5. The Bertz CT molecular complexity index is 631.